The van der Waals surface area contributed by atoms with Crippen molar-refractivity contribution in [3.8, 4) is 0 Å². The minimum absolute atomic E-state index is 0.0668. The molecule has 1 saturated heterocycles. The summed E-state index contributed by atoms with van der Waals surface area (Å²) in [5, 5.41) is 12.7. The van der Waals surface area contributed by atoms with Gasteiger partial charge in [-0.25, -0.2) is 0 Å². The number of pyridine rings is 1. The lowest BCUT2D eigenvalue weighted by molar-refractivity contribution is -0.154. The summed E-state index contributed by atoms with van der Waals surface area (Å²) < 4.78 is 4.97. The fraction of sp³-hybridized carbons (Fsp3) is 0.350. The molecule has 0 unspecified atom stereocenters. The van der Waals surface area contributed by atoms with E-state index in [9.17, 15) is 14.7 Å². The maximum Gasteiger partial charge on any atom is 0.269 e. The van der Waals surface area contributed by atoms with Crippen molar-refractivity contribution in [3.05, 3.63) is 66.0 Å². The zero-order valence-corrected chi connectivity index (χ0v) is 15.1. The van der Waals surface area contributed by atoms with Crippen LogP contribution in [-0.4, -0.2) is 65.8 Å². The van der Waals surface area contributed by atoms with Crippen molar-refractivity contribution in [3.63, 3.8) is 0 Å². The number of amides is 2. The van der Waals surface area contributed by atoms with E-state index in [1.54, 1.807) is 29.3 Å². The second-order valence-corrected chi connectivity index (χ2v) is 6.41. The lowest BCUT2D eigenvalue weighted by Crippen LogP contribution is -2.69. The highest BCUT2D eigenvalue weighted by Crippen LogP contribution is 2.40. The van der Waals surface area contributed by atoms with Crippen molar-refractivity contribution in [2.75, 3.05) is 26.9 Å². The number of carbonyl (C=O) groups excluding carboxylic acids is 2. The number of benzene rings is 1. The van der Waals surface area contributed by atoms with Gasteiger partial charge in [0.25, 0.3) is 5.91 Å². The normalized spacial score (nSPS) is 21.4. The number of aliphatic hydroxyl groups is 1. The molecule has 7 nitrogen and oxygen atoms in total. The molecule has 2 aromatic rings. The molecule has 142 valence electrons. The Bertz CT molecular complexity index is 769. The third-order valence-corrected chi connectivity index (χ3v) is 4.84. The van der Waals surface area contributed by atoms with Crippen LogP contribution >= 0.6 is 0 Å². The maximum atomic E-state index is 12.5. The van der Waals surface area contributed by atoms with Gasteiger partial charge in [-0.05, 0) is 17.7 Å². The van der Waals surface area contributed by atoms with Crippen molar-refractivity contribution < 1.29 is 19.4 Å². The molecule has 7 heteroatoms. The van der Waals surface area contributed by atoms with Crippen molar-refractivity contribution in [2.24, 2.45) is 0 Å². The Morgan fingerprint density at radius 3 is 2.52 bits per heavy atom. The monoisotopic (exact) mass is 369 g/mol. The van der Waals surface area contributed by atoms with Gasteiger partial charge in [0.05, 0.1) is 18.7 Å². The minimum Gasteiger partial charge on any atom is -0.394 e. The highest BCUT2D eigenvalue weighted by atomic mass is 16.5. The van der Waals surface area contributed by atoms with Crippen LogP contribution in [0.15, 0.2) is 54.7 Å². The van der Waals surface area contributed by atoms with Crippen LogP contribution in [0.2, 0.25) is 0 Å². The molecule has 1 aromatic carbocycles. The average Bonchev–Trinajstić information content (AvgIpc) is 2.69. The van der Waals surface area contributed by atoms with E-state index in [-0.39, 0.29) is 49.6 Å². The maximum absolute atomic E-state index is 12.5. The highest BCUT2D eigenvalue weighted by Gasteiger charge is 2.50. The molecule has 0 saturated carbocycles. The van der Waals surface area contributed by atoms with E-state index in [1.807, 2.05) is 30.3 Å². The van der Waals surface area contributed by atoms with Crippen LogP contribution in [0.5, 0.6) is 0 Å². The van der Waals surface area contributed by atoms with Gasteiger partial charge in [-0.15, -0.1) is 0 Å². The molecule has 2 N–H and O–H groups in total. The Morgan fingerprint density at radius 1 is 1.15 bits per heavy atom. The Kier molecular flexibility index (Phi) is 6.16. The predicted octanol–water partition coefficient (Wildman–Crippen LogP) is 0.813. The van der Waals surface area contributed by atoms with Crippen molar-refractivity contribution in [1.82, 2.24) is 15.2 Å². The third kappa shape index (κ3) is 3.99. The van der Waals surface area contributed by atoms with E-state index in [1.165, 1.54) is 7.11 Å². The van der Waals surface area contributed by atoms with E-state index in [4.69, 9.17) is 4.74 Å². The zero-order valence-electron chi connectivity index (χ0n) is 15.1. The van der Waals surface area contributed by atoms with Crippen molar-refractivity contribution in [1.29, 1.82) is 0 Å². The van der Waals surface area contributed by atoms with Gasteiger partial charge >= 0.3 is 0 Å². The summed E-state index contributed by atoms with van der Waals surface area (Å²) in [5.74, 6) is -0.573. The highest BCUT2D eigenvalue weighted by molar-refractivity contribution is 5.92. The molecular weight excluding hydrogens is 346 g/mol. The lowest BCUT2D eigenvalue weighted by Gasteiger charge is -2.55. The summed E-state index contributed by atoms with van der Waals surface area (Å²) in [6.07, 6.45) is 1.56. The lowest BCUT2D eigenvalue weighted by atomic mass is 9.75. The first kappa shape index (κ1) is 19.0. The average molecular weight is 369 g/mol. The Morgan fingerprint density at radius 2 is 1.89 bits per heavy atom. The number of aromatic nitrogens is 1. The topological polar surface area (TPSA) is 91.8 Å². The molecule has 1 aliphatic rings. The first-order valence-electron chi connectivity index (χ1n) is 8.82. The Balaban J connectivity index is 1.78. The molecule has 0 aliphatic carbocycles. The number of aliphatic hydroxyl groups excluding tert-OH is 1. The molecule has 0 spiro atoms. The van der Waals surface area contributed by atoms with Gasteiger partial charge in [-0.1, -0.05) is 36.4 Å². The Labute approximate surface area is 158 Å². The molecular formula is C20H23N3O4. The predicted molar refractivity (Wildman–Crippen MR) is 99.1 cm³/mol. The van der Waals surface area contributed by atoms with Crippen molar-refractivity contribution >= 4 is 11.8 Å². The van der Waals surface area contributed by atoms with Crippen LogP contribution in [0.1, 0.15) is 22.0 Å². The fourth-order valence-electron chi connectivity index (χ4n) is 3.65. The van der Waals surface area contributed by atoms with Crippen molar-refractivity contribution in [2.45, 2.75) is 18.0 Å². The number of likely N-dealkylation sites (tertiary alicyclic amines) is 1. The zero-order chi connectivity index (χ0) is 19.2. The van der Waals surface area contributed by atoms with Gasteiger partial charge in [0.2, 0.25) is 5.91 Å². The molecule has 2 heterocycles. The van der Waals surface area contributed by atoms with E-state index in [0.717, 1.165) is 5.56 Å². The number of nitrogens with zero attached hydrogens (tertiary/aromatic N) is 2. The molecule has 3 atom stereocenters. The second-order valence-electron chi connectivity index (χ2n) is 6.41. The summed E-state index contributed by atoms with van der Waals surface area (Å²) >= 11 is 0. The fourth-order valence-corrected chi connectivity index (χ4v) is 3.65. The third-order valence-electron chi connectivity index (χ3n) is 4.84. The van der Waals surface area contributed by atoms with Crippen LogP contribution in [0.25, 0.3) is 0 Å². The van der Waals surface area contributed by atoms with E-state index in [0.29, 0.717) is 5.69 Å². The second kappa shape index (κ2) is 8.75. The van der Waals surface area contributed by atoms with Gasteiger partial charge in [-0.2, -0.15) is 0 Å². The SMILES string of the molecule is COCC(=O)N1[C@H](CO)[C@@H](c2ccccc2)[C@H]1CNC(=O)c1ccccn1. The van der Waals surface area contributed by atoms with E-state index in [2.05, 4.69) is 10.3 Å². The summed E-state index contributed by atoms with van der Waals surface area (Å²) in [6, 6.07) is 14.2. The van der Waals surface area contributed by atoms with Crippen LogP contribution in [0.4, 0.5) is 0 Å². The number of carbonyl (C=O) groups is 2. The molecule has 2 amide bonds. The van der Waals surface area contributed by atoms with Gasteiger partial charge < -0.3 is 20.1 Å². The van der Waals surface area contributed by atoms with Crippen LogP contribution in [0, 0.1) is 0 Å². The Hall–Kier alpha value is -2.77. The molecule has 1 aliphatic heterocycles. The van der Waals surface area contributed by atoms with Gasteiger partial charge in [-0.3, -0.25) is 14.6 Å². The van der Waals surface area contributed by atoms with Crippen LogP contribution < -0.4 is 5.32 Å². The minimum atomic E-state index is -0.341. The van der Waals surface area contributed by atoms with Gasteiger partial charge in [0.1, 0.15) is 12.3 Å². The summed E-state index contributed by atoms with van der Waals surface area (Å²) in [7, 11) is 1.46. The molecule has 0 bridgehead atoms. The van der Waals surface area contributed by atoms with Gasteiger partial charge in [0.15, 0.2) is 0 Å². The summed E-state index contributed by atoms with van der Waals surface area (Å²) in [6.45, 7) is 0.0450. The number of hydrogen-bond donors (Lipinski definition) is 2. The van der Waals surface area contributed by atoms with Crippen LogP contribution in [0.3, 0.4) is 0 Å². The number of rotatable bonds is 7. The quantitative estimate of drug-likeness (QED) is 0.754. The molecule has 27 heavy (non-hydrogen) atoms. The number of nitrogens with one attached hydrogen (secondary N) is 1. The summed E-state index contributed by atoms with van der Waals surface area (Å²) in [5.41, 5.74) is 1.34. The number of hydrogen-bond acceptors (Lipinski definition) is 5. The smallest absolute Gasteiger partial charge is 0.269 e. The molecule has 3 rings (SSSR count). The first-order valence-corrected chi connectivity index (χ1v) is 8.82. The molecule has 1 aromatic heterocycles. The number of ether oxygens (including phenoxy) is 1. The first-order chi connectivity index (χ1) is 13.2. The molecule has 1 fully saturated rings. The summed E-state index contributed by atoms with van der Waals surface area (Å²) in [4.78, 5) is 30.4. The van der Waals surface area contributed by atoms with Gasteiger partial charge in [0, 0.05) is 25.8 Å². The molecule has 0 radical (unpaired) electrons. The number of methoxy groups -OCH3 is 1. The largest absolute Gasteiger partial charge is 0.394 e. The van der Waals surface area contributed by atoms with Crippen LogP contribution in [-0.2, 0) is 9.53 Å². The van der Waals surface area contributed by atoms with E-state index >= 15 is 0 Å². The standard InChI is InChI=1S/C20H23N3O4/c1-27-13-18(25)23-16(11-22-20(26)15-9-5-6-10-21-15)19(17(23)12-24)14-7-3-2-4-8-14/h2-10,16-17,19,24H,11-13H2,1H3,(H,22,26)/t16-,17-,19+/m1/s1. The van der Waals surface area contributed by atoms with E-state index < -0.39 is 0 Å².